The normalized spacial score (nSPS) is 12.4. The second-order valence-electron chi connectivity index (χ2n) is 7.48. The minimum Gasteiger partial charge on any atom is -0.468 e. The van der Waals surface area contributed by atoms with Gasteiger partial charge in [-0.05, 0) is 32.4 Å². The molecule has 0 amide bonds. The van der Waals surface area contributed by atoms with E-state index < -0.39 is 0 Å². The molecule has 148 valence electrons. The van der Waals surface area contributed by atoms with Crippen molar-refractivity contribution >= 4 is 22.1 Å². The van der Waals surface area contributed by atoms with E-state index >= 15 is 0 Å². The Labute approximate surface area is 174 Å². The van der Waals surface area contributed by atoms with Crippen LogP contribution in [0.1, 0.15) is 29.7 Å². The maximum Gasteiger partial charge on any atom is 0.246 e. The Morgan fingerprint density at radius 1 is 0.933 bits per heavy atom. The van der Waals surface area contributed by atoms with Gasteiger partial charge in [0.05, 0.1) is 17.5 Å². The fraction of sp³-hybridized carbons (Fsp3) is 0.167. The highest BCUT2D eigenvalue weighted by Crippen LogP contribution is 2.34. The van der Waals surface area contributed by atoms with Crippen molar-refractivity contribution in [1.82, 2.24) is 24.9 Å². The van der Waals surface area contributed by atoms with E-state index in [1.54, 1.807) is 6.33 Å². The Morgan fingerprint density at radius 2 is 1.77 bits per heavy atom. The van der Waals surface area contributed by atoms with Gasteiger partial charge >= 0.3 is 0 Å². The van der Waals surface area contributed by atoms with Gasteiger partial charge in [0, 0.05) is 16.5 Å². The number of aromatic amines is 1. The first-order valence-electron chi connectivity index (χ1n) is 9.88. The summed E-state index contributed by atoms with van der Waals surface area (Å²) in [7, 11) is 0. The zero-order chi connectivity index (χ0) is 20.7. The number of aromatic nitrogens is 5. The van der Waals surface area contributed by atoms with Crippen LogP contribution in [0.5, 0.6) is 5.88 Å². The first kappa shape index (κ1) is 18.2. The SMILES string of the molecule is Cc1ccc(-c2nc3c(C)cccc3cc2C(C)Oc2ncnc3[nH]cnc23)cc1. The highest BCUT2D eigenvalue weighted by molar-refractivity contribution is 5.86. The molecule has 5 aromatic rings. The quantitative estimate of drug-likeness (QED) is 0.445. The number of nitrogens with zero attached hydrogens (tertiary/aromatic N) is 4. The maximum absolute atomic E-state index is 6.26. The number of fused-ring (bicyclic) bond motifs is 2. The zero-order valence-corrected chi connectivity index (χ0v) is 17.0. The van der Waals surface area contributed by atoms with Crippen LogP contribution in [0.4, 0.5) is 0 Å². The summed E-state index contributed by atoms with van der Waals surface area (Å²) < 4.78 is 6.26. The Morgan fingerprint density at radius 3 is 2.60 bits per heavy atom. The van der Waals surface area contributed by atoms with Crippen molar-refractivity contribution in [3.63, 3.8) is 0 Å². The molecular formula is C24H21N5O. The molecule has 0 aliphatic carbocycles. The number of rotatable bonds is 4. The van der Waals surface area contributed by atoms with E-state index in [2.05, 4.69) is 82.3 Å². The van der Waals surface area contributed by atoms with Gasteiger partial charge in [0.2, 0.25) is 5.88 Å². The largest absolute Gasteiger partial charge is 0.468 e. The van der Waals surface area contributed by atoms with E-state index in [4.69, 9.17) is 9.72 Å². The van der Waals surface area contributed by atoms with Gasteiger partial charge in [-0.2, -0.15) is 4.98 Å². The standard InChI is InChI=1S/C24H21N5O/c1-14-7-9-17(10-8-14)21-19(11-18-6-4-5-15(2)20(18)29-21)16(3)30-24-22-23(26-12-25-22)27-13-28-24/h4-13,16H,1-3H3,(H,25,26,27,28). The van der Waals surface area contributed by atoms with E-state index in [9.17, 15) is 0 Å². The highest BCUT2D eigenvalue weighted by atomic mass is 16.5. The van der Waals surface area contributed by atoms with Crippen molar-refractivity contribution in [3.8, 4) is 17.1 Å². The molecule has 0 aliphatic rings. The Hall–Kier alpha value is -3.80. The highest BCUT2D eigenvalue weighted by Gasteiger charge is 2.19. The predicted octanol–water partition coefficient (Wildman–Crippen LogP) is 5.32. The lowest BCUT2D eigenvalue weighted by molar-refractivity contribution is 0.220. The molecule has 0 saturated carbocycles. The third-order valence-corrected chi connectivity index (χ3v) is 5.31. The third-order valence-electron chi connectivity index (χ3n) is 5.31. The molecule has 0 saturated heterocycles. The van der Waals surface area contributed by atoms with Crippen LogP contribution in [0.2, 0.25) is 0 Å². The lowest BCUT2D eigenvalue weighted by Crippen LogP contribution is -2.08. The van der Waals surface area contributed by atoms with Crippen LogP contribution in [-0.2, 0) is 0 Å². The summed E-state index contributed by atoms with van der Waals surface area (Å²) >= 11 is 0. The molecule has 1 N–H and O–H groups in total. The van der Waals surface area contributed by atoms with Crippen molar-refractivity contribution in [2.75, 3.05) is 0 Å². The summed E-state index contributed by atoms with van der Waals surface area (Å²) in [6, 6.07) is 16.8. The van der Waals surface area contributed by atoms with Crippen molar-refractivity contribution in [2.24, 2.45) is 0 Å². The molecule has 3 aromatic heterocycles. The van der Waals surface area contributed by atoms with Gasteiger partial charge in [-0.25, -0.2) is 15.0 Å². The van der Waals surface area contributed by atoms with E-state index in [0.29, 0.717) is 17.0 Å². The smallest absolute Gasteiger partial charge is 0.246 e. The van der Waals surface area contributed by atoms with Crippen molar-refractivity contribution < 1.29 is 4.74 Å². The van der Waals surface area contributed by atoms with Crippen molar-refractivity contribution in [3.05, 3.63) is 77.9 Å². The number of hydrogen-bond donors (Lipinski definition) is 1. The number of aryl methyl sites for hydroxylation is 2. The first-order chi connectivity index (χ1) is 14.6. The average molecular weight is 395 g/mol. The molecule has 3 heterocycles. The number of para-hydroxylation sites is 1. The van der Waals surface area contributed by atoms with Crippen LogP contribution in [0, 0.1) is 13.8 Å². The van der Waals surface area contributed by atoms with Crippen LogP contribution in [0.15, 0.2) is 61.2 Å². The molecule has 0 bridgehead atoms. The van der Waals surface area contributed by atoms with Gasteiger partial charge in [-0.15, -0.1) is 0 Å². The summed E-state index contributed by atoms with van der Waals surface area (Å²) in [4.78, 5) is 20.8. The Balaban J connectivity index is 1.65. The molecule has 2 aromatic carbocycles. The predicted molar refractivity (Wildman–Crippen MR) is 117 cm³/mol. The molecule has 0 aliphatic heterocycles. The molecule has 6 nitrogen and oxygen atoms in total. The van der Waals surface area contributed by atoms with E-state index in [1.165, 1.54) is 11.9 Å². The number of benzene rings is 2. The lowest BCUT2D eigenvalue weighted by atomic mass is 9.98. The summed E-state index contributed by atoms with van der Waals surface area (Å²) in [5, 5.41) is 1.09. The van der Waals surface area contributed by atoms with E-state index in [0.717, 1.165) is 33.3 Å². The van der Waals surface area contributed by atoms with Crippen LogP contribution in [-0.4, -0.2) is 24.9 Å². The fourth-order valence-electron chi connectivity index (χ4n) is 3.68. The minimum atomic E-state index is -0.284. The molecule has 30 heavy (non-hydrogen) atoms. The molecule has 0 radical (unpaired) electrons. The van der Waals surface area contributed by atoms with Crippen molar-refractivity contribution in [1.29, 1.82) is 0 Å². The van der Waals surface area contributed by atoms with E-state index in [1.807, 2.05) is 6.92 Å². The topological polar surface area (TPSA) is 76.6 Å². The third kappa shape index (κ3) is 3.16. The monoisotopic (exact) mass is 395 g/mol. The van der Waals surface area contributed by atoms with E-state index in [-0.39, 0.29) is 6.10 Å². The second kappa shape index (κ2) is 7.22. The number of imidazole rings is 1. The molecule has 6 heteroatoms. The second-order valence-corrected chi connectivity index (χ2v) is 7.48. The van der Waals surface area contributed by atoms with Gasteiger partial charge in [0.1, 0.15) is 12.4 Å². The van der Waals surface area contributed by atoms with Crippen LogP contribution >= 0.6 is 0 Å². The number of ether oxygens (including phenoxy) is 1. The van der Waals surface area contributed by atoms with Crippen molar-refractivity contribution in [2.45, 2.75) is 26.9 Å². The summed E-state index contributed by atoms with van der Waals surface area (Å²) in [6.45, 7) is 6.18. The Bertz CT molecular complexity index is 1360. The van der Waals surface area contributed by atoms with Gasteiger partial charge in [-0.1, -0.05) is 48.0 Å². The molecule has 0 fully saturated rings. The fourth-order valence-corrected chi connectivity index (χ4v) is 3.68. The lowest BCUT2D eigenvalue weighted by Gasteiger charge is -2.19. The maximum atomic E-state index is 6.26. The molecule has 1 unspecified atom stereocenters. The van der Waals surface area contributed by atoms with Crippen LogP contribution in [0.3, 0.4) is 0 Å². The molecule has 1 atom stereocenters. The van der Waals surface area contributed by atoms with Crippen LogP contribution in [0.25, 0.3) is 33.3 Å². The van der Waals surface area contributed by atoms with Gasteiger partial charge in [-0.3, -0.25) is 0 Å². The van der Waals surface area contributed by atoms with Gasteiger partial charge in [0.25, 0.3) is 0 Å². The summed E-state index contributed by atoms with van der Waals surface area (Å²) in [5.41, 5.74) is 7.60. The first-order valence-corrected chi connectivity index (χ1v) is 9.88. The average Bonchev–Trinajstić information content (AvgIpc) is 3.24. The number of hydrogen-bond acceptors (Lipinski definition) is 5. The molecular weight excluding hydrogens is 374 g/mol. The number of H-pyrrole nitrogens is 1. The summed E-state index contributed by atoms with van der Waals surface area (Å²) in [5.74, 6) is 0.452. The number of pyridine rings is 1. The Kier molecular flexibility index (Phi) is 4.39. The molecule has 0 spiro atoms. The molecule has 5 rings (SSSR count). The van der Waals surface area contributed by atoms with Gasteiger partial charge in [0.15, 0.2) is 11.2 Å². The summed E-state index contributed by atoms with van der Waals surface area (Å²) in [6.07, 6.45) is 2.79. The number of nitrogens with one attached hydrogen (secondary N) is 1. The van der Waals surface area contributed by atoms with Crippen LogP contribution < -0.4 is 4.74 Å². The van der Waals surface area contributed by atoms with Gasteiger partial charge < -0.3 is 9.72 Å². The minimum absolute atomic E-state index is 0.284. The zero-order valence-electron chi connectivity index (χ0n) is 17.0.